The predicted octanol–water partition coefficient (Wildman–Crippen LogP) is 5.42. The lowest BCUT2D eigenvalue weighted by molar-refractivity contribution is 0.179. The summed E-state index contributed by atoms with van der Waals surface area (Å²) in [7, 11) is 0. The lowest BCUT2D eigenvalue weighted by Crippen LogP contribution is -2.22. The molecule has 0 aromatic rings. The monoisotopic (exact) mass is 343 g/mol. The third-order valence-electron chi connectivity index (χ3n) is 5.32. The highest BCUT2D eigenvalue weighted by molar-refractivity contribution is 5.52. The van der Waals surface area contributed by atoms with E-state index in [2.05, 4.69) is 56.1 Å². The van der Waals surface area contributed by atoms with Gasteiger partial charge >= 0.3 is 0 Å². The van der Waals surface area contributed by atoms with Gasteiger partial charge in [-0.1, -0.05) is 63.5 Å². The van der Waals surface area contributed by atoms with Gasteiger partial charge in [-0.2, -0.15) is 0 Å². The topological polar surface area (TPSA) is 23.5 Å². The fraction of sp³-hybridized carbons (Fsp3) is 0.652. The second-order valence-corrected chi connectivity index (χ2v) is 7.79. The highest BCUT2D eigenvalue weighted by atomic mass is 16.3. The van der Waals surface area contributed by atoms with Gasteiger partial charge in [0.05, 0.1) is 6.10 Å². The smallest absolute Gasteiger partial charge is 0.0679 e. The molecular formula is C23H37NO. The van der Waals surface area contributed by atoms with Crippen LogP contribution in [0.15, 0.2) is 47.1 Å². The Hall–Kier alpha value is -1.12. The van der Waals surface area contributed by atoms with Crippen molar-refractivity contribution in [3.63, 3.8) is 0 Å². The first-order valence-electron chi connectivity index (χ1n) is 10.3. The minimum Gasteiger partial charge on any atom is -0.392 e. The molecule has 1 aliphatic carbocycles. The van der Waals surface area contributed by atoms with E-state index < -0.39 is 0 Å². The lowest BCUT2D eigenvalue weighted by Gasteiger charge is -2.19. The fourth-order valence-corrected chi connectivity index (χ4v) is 3.65. The van der Waals surface area contributed by atoms with Gasteiger partial charge in [0.1, 0.15) is 0 Å². The van der Waals surface area contributed by atoms with Gasteiger partial charge < -0.3 is 5.11 Å². The van der Waals surface area contributed by atoms with Gasteiger partial charge in [-0.05, 0) is 55.2 Å². The number of aliphatic hydroxyl groups is 1. The number of likely N-dealkylation sites (tertiary alicyclic amines) is 1. The largest absolute Gasteiger partial charge is 0.392 e. The van der Waals surface area contributed by atoms with E-state index in [0.29, 0.717) is 5.92 Å². The predicted molar refractivity (Wildman–Crippen MR) is 109 cm³/mol. The van der Waals surface area contributed by atoms with Gasteiger partial charge in [0.25, 0.3) is 0 Å². The second kappa shape index (κ2) is 10.8. The van der Waals surface area contributed by atoms with Crippen molar-refractivity contribution in [1.82, 2.24) is 4.90 Å². The Labute approximate surface area is 155 Å². The van der Waals surface area contributed by atoms with Crippen LogP contribution in [0.5, 0.6) is 0 Å². The Kier molecular flexibility index (Phi) is 8.71. The molecule has 2 unspecified atom stereocenters. The molecule has 2 heteroatoms. The first-order chi connectivity index (χ1) is 12.1. The highest BCUT2D eigenvalue weighted by Gasteiger charge is 2.19. The number of rotatable bonds is 9. The summed E-state index contributed by atoms with van der Waals surface area (Å²) in [6.07, 6.45) is 20.2. The molecule has 1 saturated heterocycles. The van der Waals surface area contributed by atoms with Crippen LogP contribution >= 0.6 is 0 Å². The minimum absolute atomic E-state index is 0.137. The number of unbranched alkanes of at least 4 members (excludes halogenated alkanes) is 4. The van der Waals surface area contributed by atoms with Crippen molar-refractivity contribution in [2.45, 2.75) is 71.8 Å². The van der Waals surface area contributed by atoms with Crippen molar-refractivity contribution in [3.05, 3.63) is 47.1 Å². The maximum absolute atomic E-state index is 9.74. The Morgan fingerprint density at radius 3 is 2.88 bits per heavy atom. The van der Waals surface area contributed by atoms with E-state index in [1.807, 2.05) is 0 Å². The van der Waals surface area contributed by atoms with E-state index in [0.717, 1.165) is 32.5 Å². The zero-order chi connectivity index (χ0) is 18.1. The second-order valence-electron chi connectivity index (χ2n) is 7.79. The summed E-state index contributed by atoms with van der Waals surface area (Å²) in [5, 5.41) is 9.74. The first-order valence-corrected chi connectivity index (χ1v) is 10.3. The van der Waals surface area contributed by atoms with Crippen molar-refractivity contribution < 1.29 is 5.11 Å². The van der Waals surface area contributed by atoms with E-state index in [-0.39, 0.29) is 6.10 Å². The zero-order valence-corrected chi connectivity index (χ0v) is 16.5. The van der Waals surface area contributed by atoms with Crippen molar-refractivity contribution in [1.29, 1.82) is 0 Å². The van der Waals surface area contributed by atoms with Crippen molar-refractivity contribution in [2.75, 3.05) is 19.6 Å². The summed E-state index contributed by atoms with van der Waals surface area (Å²) in [5.41, 5.74) is 4.17. The van der Waals surface area contributed by atoms with Gasteiger partial charge in [-0.3, -0.25) is 4.90 Å². The molecule has 2 atom stereocenters. The molecule has 2 nitrogen and oxygen atoms in total. The van der Waals surface area contributed by atoms with Crippen LogP contribution in [0.25, 0.3) is 0 Å². The summed E-state index contributed by atoms with van der Waals surface area (Å²) < 4.78 is 0. The maximum Gasteiger partial charge on any atom is 0.0679 e. The van der Waals surface area contributed by atoms with Gasteiger partial charge in [-0.15, -0.1) is 0 Å². The molecule has 2 rings (SSSR count). The van der Waals surface area contributed by atoms with Crippen LogP contribution in [0.2, 0.25) is 0 Å². The summed E-state index contributed by atoms with van der Waals surface area (Å²) in [5.74, 6) is 0.619. The number of allylic oxidation sites excluding steroid dienone is 7. The average Bonchev–Trinajstić information content (AvgIpc) is 3.01. The number of nitrogens with zero attached hydrogens (tertiary/aromatic N) is 1. The standard InChI is InChI=1S/C23H37NO/c1-4-5-6-7-8-9-10-21(13-15-24-16-14-22(25)18-24)23-17-19(2)11-12-20(23)3/h9-10,12-13,17,19,22,25H,4-8,11,14-16,18H2,1-3H3/b10-9-,21-13+. The normalized spacial score (nSPS) is 25.5. The van der Waals surface area contributed by atoms with Crippen molar-refractivity contribution in [2.24, 2.45) is 5.92 Å². The Morgan fingerprint density at radius 2 is 2.16 bits per heavy atom. The molecule has 0 radical (unpaired) electrons. The highest BCUT2D eigenvalue weighted by Crippen LogP contribution is 2.29. The van der Waals surface area contributed by atoms with E-state index >= 15 is 0 Å². The summed E-state index contributed by atoms with van der Waals surface area (Å²) in [6.45, 7) is 9.56. The van der Waals surface area contributed by atoms with Gasteiger partial charge in [-0.25, -0.2) is 0 Å². The van der Waals surface area contributed by atoms with Crippen LogP contribution in [0.3, 0.4) is 0 Å². The fourth-order valence-electron chi connectivity index (χ4n) is 3.65. The molecule has 25 heavy (non-hydrogen) atoms. The number of hydrogen-bond acceptors (Lipinski definition) is 2. The number of aliphatic hydroxyl groups excluding tert-OH is 1. The van der Waals surface area contributed by atoms with Crippen molar-refractivity contribution >= 4 is 0 Å². The van der Waals surface area contributed by atoms with E-state index in [4.69, 9.17) is 0 Å². The van der Waals surface area contributed by atoms with Crippen LogP contribution in [-0.2, 0) is 0 Å². The van der Waals surface area contributed by atoms with E-state index in [1.54, 1.807) is 0 Å². The van der Waals surface area contributed by atoms with Crippen LogP contribution in [0, 0.1) is 5.92 Å². The van der Waals surface area contributed by atoms with Crippen LogP contribution in [-0.4, -0.2) is 35.7 Å². The van der Waals surface area contributed by atoms with E-state index in [9.17, 15) is 5.11 Å². The number of hydrogen-bond donors (Lipinski definition) is 1. The van der Waals surface area contributed by atoms with Crippen molar-refractivity contribution in [3.8, 4) is 0 Å². The molecule has 0 spiro atoms. The molecule has 1 aliphatic heterocycles. The first kappa shape index (κ1) is 20.2. The molecule has 0 aromatic carbocycles. The van der Waals surface area contributed by atoms with E-state index in [1.165, 1.54) is 48.8 Å². The average molecular weight is 344 g/mol. The van der Waals surface area contributed by atoms with Gasteiger partial charge in [0.2, 0.25) is 0 Å². The molecule has 0 saturated carbocycles. The summed E-state index contributed by atoms with van der Waals surface area (Å²) in [4.78, 5) is 2.35. The molecule has 1 N–H and O–H groups in total. The molecule has 140 valence electrons. The lowest BCUT2D eigenvalue weighted by atomic mass is 9.87. The zero-order valence-electron chi connectivity index (χ0n) is 16.5. The van der Waals surface area contributed by atoms with Gasteiger partial charge in [0.15, 0.2) is 0 Å². The number of β-amino-alcohol motifs (C(OH)–C–C–N with tert-alkyl or cyclic N) is 1. The molecule has 1 fully saturated rings. The molecule has 0 amide bonds. The Balaban J connectivity index is 2.02. The SMILES string of the molecule is CCCCCC/C=C\C(=C/CN1CCC(O)C1)C1=CC(C)CC=C1C. The summed E-state index contributed by atoms with van der Waals surface area (Å²) in [6, 6.07) is 0. The van der Waals surface area contributed by atoms with Crippen LogP contribution < -0.4 is 0 Å². The third-order valence-corrected chi connectivity index (χ3v) is 5.32. The third kappa shape index (κ3) is 6.95. The Bertz CT molecular complexity index is 526. The Morgan fingerprint density at radius 1 is 1.32 bits per heavy atom. The van der Waals surface area contributed by atoms with Gasteiger partial charge in [0, 0.05) is 19.6 Å². The maximum atomic E-state index is 9.74. The molecular weight excluding hydrogens is 306 g/mol. The molecule has 2 aliphatic rings. The minimum atomic E-state index is -0.137. The quantitative estimate of drug-likeness (QED) is 0.446. The molecule has 0 aromatic heterocycles. The van der Waals surface area contributed by atoms with Crippen LogP contribution in [0.1, 0.15) is 65.7 Å². The van der Waals surface area contributed by atoms with Crippen LogP contribution in [0.4, 0.5) is 0 Å². The summed E-state index contributed by atoms with van der Waals surface area (Å²) >= 11 is 0. The molecule has 1 heterocycles. The molecule has 0 bridgehead atoms.